The summed E-state index contributed by atoms with van der Waals surface area (Å²) >= 11 is 0. The van der Waals surface area contributed by atoms with E-state index in [0.29, 0.717) is 29.0 Å². The summed E-state index contributed by atoms with van der Waals surface area (Å²) in [7, 11) is 0. The zero-order valence-corrected chi connectivity index (χ0v) is 21.4. The molecule has 3 aliphatic carbocycles. The number of anilines is 1. The number of pyridine rings is 1. The number of rotatable bonds is 10. The van der Waals surface area contributed by atoms with E-state index >= 15 is 0 Å². The quantitative estimate of drug-likeness (QED) is 0.513. The monoisotopic (exact) mass is 477 g/mol. The second kappa shape index (κ2) is 7.97. The summed E-state index contributed by atoms with van der Waals surface area (Å²) in [5.74, 6) is 2.99. The molecule has 7 nitrogen and oxygen atoms in total. The van der Waals surface area contributed by atoms with Crippen LogP contribution in [0.25, 0.3) is 5.82 Å². The molecule has 1 aliphatic heterocycles. The molecule has 3 heterocycles. The van der Waals surface area contributed by atoms with Crippen LogP contribution in [0.2, 0.25) is 0 Å². The number of hydrogen-bond donors (Lipinski definition) is 1. The number of unbranched alkanes of at least 4 members (excludes halogenated alkanes) is 1. The van der Waals surface area contributed by atoms with Gasteiger partial charge in [0, 0.05) is 24.3 Å². The van der Waals surface area contributed by atoms with E-state index in [2.05, 4.69) is 30.8 Å². The summed E-state index contributed by atoms with van der Waals surface area (Å²) in [4.78, 5) is 19.5. The lowest BCUT2D eigenvalue weighted by Gasteiger charge is -2.33. The van der Waals surface area contributed by atoms with Gasteiger partial charge in [0.2, 0.25) is 5.88 Å². The maximum absolute atomic E-state index is 12.3. The molecule has 0 radical (unpaired) electrons. The van der Waals surface area contributed by atoms with Gasteiger partial charge >= 0.3 is 0 Å². The number of carbonyl (C=O) groups is 1. The summed E-state index contributed by atoms with van der Waals surface area (Å²) in [5.41, 5.74) is 7.58. The van der Waals surface area contributed by atoms with Gasteiger partial charge < -0.3 is 15.4 Å². The first kappa shape index (κ1) is 22.9. The Balaban J connectivity index is 1.17. The minimum absolute atomic E-state index is 0.0900. The molecule has 4 aliphatic rings. The van der Waals surface area contributed by atoms with Crippen molar-refractivity contribution in [2.45, 2.75) is 84.1 Å². The summed E-state index contributed by atoms with van der Waals surface area (Å²) < 4.78 is 7.77. The van der Waals surface area contributed by atoms with Gasteiger partial charge in [-0.2, -0.15) is 0 Å². The van der Waals surface area contributed by atoms with E-state index in [-0.39, 0.29) is 5.54 Å². The zero-order valence-electron chi connectivity index (χ0n) is 21.4. The number of nitrogens with two attached hydrogens (primary N) is 1. The molecule has 2 spiro atoms. The maximum atomic E-state index is 12.3. The Kier molecular flexibility index (Phi) is 5.21. The van der Waals surface area contributed by atoms with Gasteiger partial charge in [-0.1, -0.05) is 19.8 Å². The van der Waals surface area contributed by atoms with Crippen molar-refractivity contribution in [1.29, 1.82) is 0 Å². The van der Waals surface area contributed by atoms with E-state index in [4.69, 9.17) is 15.5 Å². The topological polar surface area (TPSA) is 86.3 Å². The number of carbonyl (C=O) groups excluding carboxylic acids is 1. The van der Waals surface area contributed by atoms with Crippen LogP contribution in [0.4, 0.5) is 5.82 Å². The summed E-state index contributed by atoms with van der Waals surface area (Å²) in [6.45, 7) is 8.31. The molecule has 4 fully saturated rings. The molecule has 0 unspecified atom stereocenters. The third-order valence-corrected chi connectivity index (χ3v) is 9.58. The SMILES string of the molecule is CCCC[C@@H]1CN(c2nc(-n3ccc(OCCC4C5(CC5)C45CC5)n3)ccc2C(N)=O)C(C)(C)C1. The van der Waals surface area contributed by atoms with Crippen LogP contribution in [0.1, 0.15) is 88.9 Å². The van der Waals surface area contributed by atoms with Crippen LogP contribution in [0.5, 0.6) is 5.88 Å². The van der Waals surface area contributed by atoms with Crippen molar-refractivity contribution >= 4 is 11.7 Å². The first-order chi connectivity index (χ1) is 16.8. The van der Waals surface area contributed by atoms with Crippen molar-refractivity contribution in [3.63, 3.8) is 0 Å². The summed E-state index contributed by atoms with van der Waals surface area (Å²) in [6, 6.07) is 5.50. The normalized spacial score (nSPS) is 24.8. The Hall–Kier alpha value is -2.57. The Bertz CT molecular complexity index is 1110. The van der Waals surface area contributed by atoms with Crippen molar-refractivity contribution in [3.8, 4) is 11.7 Å². The van der Waals surface area contributed by atoms with Gasteiger partial charge in [0.15, 0.2) is 5.82 Å². The van der Waals surface area contributed by atoms with Crippen molar-refractivity contribution in [1.82, 2.24) is 14.8 Å². The predicted octanol–water partition coefficient (Wildman–Crippen LogP) is 5.12. The number of primary amides is 1. The predicted molar refractivity (Wildman–Crippen MR) is 136 cm³/mol. The van der Waals surface area contributed by atoms with E-state index in [1.54, 1.807) is 10.7 Å². The smallest absolute Gasteiger partial charge is 0.252 e. The lowest BCUT2D eigenvalue weighted by atomic mass is 9.93. The molecule has 3 saturated carbocycles. The van der Waals surface area contributed by atoms with Crippen molar-refractivity contribution in [3.05, 3.63) is 30.0 Å². The van der Waals surface area contributed by atoms with Crippen molar-refractivity contribution < 1.29 is 9.53 Å². The van der Waals surface area contributed by atoms with Gasteiger partial charge in [0.25, 0.3) is 5.91 Å². The van der Waals surface area contributed by atoms with Gasteiger partial charge in [-0.15, -0.1) is 5.10 Å². The van der Waals surface area contributed by atoms with Crippen LogP contribution in [0.3, 0.4) is 0 Å². The average molecular weight is 478 g/mol. The van der Waals surface area contributed by atoms with Crippen LogP contribution in [-0.2, 0) is 0 Å². The standard InChI is InChI=1S/C28H39N5O2/c1-4-5-6-19-17-26(2,3)32(18-19)25-20(24(29)34)7-8-22(30-25)33-15-9-23(31-33)35-16-10-21-27(11-12-27)28(21)13-14-28/h7-9,15,19,21H,4-6,10-14,16-18H2,1-3H3,(H2,29,34)/t19-/m0/s1. The van der Waals surface area contributed by atoms with Crippen molar-refractivity contribution in [2.24, 2.45) is 28.4 Å². The molecule has 188 valence electrons. The van der Waals surface area contributed by atoms with Gasteiger partial charge in [-0.3, -0.25) is 4.79 Å². The minimum Gasteiger partial charge on any atom is -0.477 e. The highest BCUT2D eigenvalue weighted by Gasteiger charge is 2.85. The third kappa shape index (κ3) is 3.73. The van der Waals surface area contributed by atoms with Crippen molar-refractivity contribution in [2.75, 3.05) is 18.1 Å². The fourth-order valence-corrected chi connectivity index (χ4v) is 7.56. The van der Waals surface area contributed by atoms with Gasteiger partial charge in [0.05, 0.1) is 12.2 Å². The molecule has 1 saturated heterocycles. The lowest BCUT2D eigenvalue weighted by molar-refractivity contribution is 0.100. The lowest BCUT2D eigenvalue weighted by Crippen LogP contribution is -2.40. The number of fused-ring (bicyclic) bond motifs is 1. The van der Waals surface area contributed by atoms with Crippen LogP contribution < -0.4 is 15.4 Å². The first-order valence-electron chi connectivity index (χ1n) is 13.6. The second-order valence-corrected chi connectivity index (χ2v) is 12.1. The molecule has 7 heteroatoms. The fourth-order valence-electron chi connectivity index (χ4n) is 7.56. The number of nitrogens with zero attached hydrogens (tertiary/aromatic N) is 4. The number of hydrogen-bond acceptors (Lipinski definition) is 5. The molecule has 2 N–H and O–H groups in total. The zero-order chi connectivity index (χ0) is 24.4. The van der Waals surface area contributed by atoms with Crippen LogP contribution in [0.15, 0.2) is 24.4 Å². The molecule has 35 heavy (non-hydrogen) atoms. The Labute approximate surface area is 208 Å². The number of ether oxygens (including phenoxy) is 1. The minimum atomic E-state index is -0.446. The maximum Gasteiger partial charge on any atom is 0.252 e. The molecule has 0 bridgehead atoms. The largest absolute Gasteiger partial charge is 0.477 e. The van der Waals surface area contributed by atoms with E-state index in [1.165, 1.54) is 44.9 Å². The average Bonchev–Trinajstić information content (AvgIpc) is 3.77. The molecule has 2 aromatic heterocycles. The highest BCUT2D eigenvalue weighted by atomic mass is 16.5. The Morgan fingerprint density at radius 2 is 1.89 bits per heavy atom. The van der Waals surface area contributed by atoms with E-state index < -0.39 is 5.91 Å². The number of aromatic nitrogens is 3. The molecule has 2 aromatic rings. The van der Waals surface area contributed by atoms with Gasteiger partial charge in [-0.25, -0.2) is 9.67 Å². The van der Waals surface area contributed by atoms with Gasteiger partial charge in [0.1, 0.15) is 5.82 Å². The molecule has 0 aromatic carbocycles. The molecule has 1 amide bonds. The van der Waals surface area contributed by atoms with Crippen LogP contribution >= 0.6 is 0 Å². The first-order valence-corrected chi connectivity index (χ1v) is 13.6. The highest BCUT2D eigenvalue weighted by molar-refractivity contribution is 5.98. The van der Waals surface area contributed by atoms with E-state index in [9.17, 15) is 4.79 Å². The van der Waals surface area contributed by atoms with E-state index in [1.807, 2.05) is 18.3 Å². The molecule has 6 rings (SSSR count). The number of amides is 1. The Morgan fingerprint density at radius 3 is 2.54 bits per heavy atom. The summed E-state index contributed by atoms with van der Waals surface area (Å²) in [6.07, 6.45) is 13.5. The third-order valence-electron chi connectivity index (χ3n) is 9.58. The highest BCUT2D eigenvalue weighted by Crippen LogP contribution is 2.93. The summed E-state index contributed by atoms with van der Waals surface area (Å²) in [5, 5.41) is 4.63. The van der Waals surface area contributed by atoms with E-state index in [0.717, 1.165) is 42.7 Å². The van der Waals surface area contributed by atoms with Gasteiger partial charge in [-0.05, 0) is 93.6 Å². The van der Waals surface area contributed by atoms with Crippen LogP contribution in [0, 0.1) is 22.7 Å². The van der Waals surface area contributed by atoms with Crippen LogP contribution in [-0.4, -0.2) is 39.4 Å². The Morgan fingerprint density at radius 1 is 1.14 bits per heavy atom. The molecular weight excluding hydrogens is 438 g/mol. The molecular formula is C28H39N5O2. The molecule has 1 atom stereocenters. The fraction of sp³-hybridized carbons (Fsp3) is 0.679. The second-order valence-electron chi connectivity index (χ2n) is 12.1.